The molecule has 0 fully saturated rings. The van der Waals surface area contributed by atoms with Crippen LogP contribution in [0.3, 0.4) is 0 Å². The SMILES string of the molecule is COc1cc(Cl)c(C(O)c2ccc(Cl)c(F)c2)cc1Cl. The van der Waals surface area contributed by atoms with Crippen molar-refractivity contribution in [3.63, 3.8) is 0 Å². The van der Waals surface area contributed by atoms with Gasteiger partial charge in [-0.05, 0) is 23.8 Å². The lowest BCUT2D eigenvalue weighted by Crippen LogP contribution is -2.02. The van der Waals surface area contributed by atoms with Gasteiger partial charge in [0.15, 0.2) is 0 Å². The van der Waals surface area contributed by atoms with Gasteiger partial charge in [0.25, 0.3) is 0 Å². The van der Waals surface area contributed by atoms with Crippen LogP contribution in [-0.2, 0) is 0 Å². The lowest BCUT2D eigenvalue weighted by Gasteiger charge is -2.15. The maximum absolute atomic E-state index is 13.4. The van der Waals surface area contributed by atoms with E-state index in [1.54, 1.807) is 0 Å². The van der Waals surface area contributed by atoms with E-state index < -0.39 is 11.9 Å². The highest BCUT2D eigenvalue weighted by molar-refractivity contribution is 6.34. The van der Waals surface area contributed by atoms with E-state index in [4.69, 9.17) is 39.5 Å². The van der Waals surface area contributed by atoms with E-state index in [1.165, 1.54) is 31.4 Å². The summed E-state index contributed by atoms with van der Waals surface area (Å²) in [4.78, 5) is 0. The van der Waals surface area contributed by atoms with Gasteiger partial charge >= 0.3 is 0 Å². The van der Waals surface area contributed by atoms with Crippen molar-refractivity contribution in [2.45, 2.75) is 6.10 Å². The van der Waals surface area contributed by atoms with Crippen molar-refractivity contribution in [2.75, 3.05) is 7.11 Å². The van der Waals surface area contributed by atoms with E-state index in [9.17, 15) is 9.50 Å². The van der Waals surface area contributed by atoms with Crippen LogP contribution in [0.4, 0.5) is 4.39 Å². The normalized spacial score (nSPS) is 12.3. The van der Waals surface area contributed by atoms with Gasteiger partial charge in [-0.15, -0.1) is 0 Å². The van der Waals surface area contributed by atoms with Crippen molar-refractivity contribution < 1.29 is 14.2 Å². The molecule has 2 aromatic carbocycles. The first-order valence-corrected chi connectivity index (χ1v) is 6.73. The predicted octanol–water partition coefficient (Wildman–Crippen LogP) is 4.88. The molecule has 2 nitrogen and oxygen atoms in total. The highest BCUT2D eigenvalue weighted by Gasteiger charge is 2.18. The van der Waals surface area contributed by atoms with Gasteiger partial charge in [0.2, 0.25) is 0 Å². The number of aliphatic hydroxyl groups excluding tert-OH is 1. The number of halogens is 4. The molecule has 0 aliphatic rings. The molecular weight excluding hydrogens is 326 g/mol. The summed E-state index contributed by atoms with van der Waals surface area (Å²) in [6, 6.07) is 7.02. The molecule has 20 heavy (non-hydrogen) atoms. The van der Waals surface area contributed by atoms with Crippen LogP contribution in [0.25, 0.3) is 0 Å². The first-order valence-electron chi connectivity index (χ1n) is 5.60. The second-order valence-electron chi connectivity index (χ2n) is 4.08. The lowest BCUT2D eigenvalue weighted by molar-refractivity contribution is 0.220. The minimum atomic E-state index is -1.11. The molecule has 0 saturated carbocycles. The highest BCUT2D eigenvalue weighted by Crippen LogP contribution is 2.36. The Hall–Kier alpha value is -1.00. The van der Waals surface area contributed by atoms with Crippen LogP contribution < -0.4 is 4.74 Å². The van der Waals surface area contributed by atoms with Gasteiger partial charge < -0.3 is 9.84 Å². The van der Waals surface area contributed by atoms with Crippen molar-refractivity contribution in [3.8, 4) is 5.75 Å². The van der Waals surface area contributed by atoms with Crippen molar-refractivity contribution in [1.82, 2.24) is 0 Å². The second kappa shape index (κ2) is 6.19. The zero-order valence-electron chi connectivity index (χ0n) is 10.3. The smallest absolute Gasteiger partial charge is 0.142 e. The van der Waals surface area contributed by atoms with Crippen LogP contribution in [0, 0.1) is 5.82 Å². The molecule has 0 heterocycles. The van der Waals surface area contributed by atoms with E-state index >= 15 is 0 Å². The minimum Gasteiger partial charge on any atom is -0.495 e. The molecule has 0 bridgehead atoms. The Morgan fingerprint density at radius 2 is 1.75 bits per heavy atom. The van der Waals surface area contributed by atoms with Gasteiger partial charge in [-0.25, -0.2) is 4.39 Å². The molecule has 0 spiro atoms. The third-order valence-corrected chi connectivity index (χ3v) is 3.75. The standard InChI is InChI=1S/C14H10Cl3FO2/c1-20-13-6-10(16)8(5-11(13)17)14(19)7-2-3-9(15)12(18)4-7/h2-6,14,19H,1H3. The molecule has 2 aromatic rings. The van der Waals surface area contributed by atoms with Crippen LogP contribution in [0.1, 0.15) is 17.2 Å². The van der Waals surface area contributed by atoms with E-state index in [-0.39, 0.29) is 10.0 Å². The number of benzene rings is 2. The first kappa shape index (κ1) is 15.4. The summed E-state index contributed by atoms with van der Waals surface area (Å²) < 4.78 is 18.5. The Morgan fingerprint density at radius 1 is 1.05 bits per heavy atom. The second-order valence-corrected chi connectivity index (χ2v) is 5.31. The number of hydrogen-bond donors (Lipinski definition) is 1. The topological polar surface area (TPSA) is 29.5 Å². The average molecular weight is 336 g/mol. The third kappa shape index (κ3) is 3.01. The maximum atomic E-state index is 13.4. The van der Waals surface area contributed by atoms with E-state index in [1.807, 2.05) is 0 Å². The number of hydrogen-bond acceptors (Lipinski definition) is 2. The van der Waals surface area contributed by atoms with Gasteiger partial charge in [-0.2, -0.15) is 0 Å². The molecule has 106 valence electrons. The highest BCUT2D eigenvalue weighted by atomic mass is 35.5. The van der Waals surface area contributed by atoms with E-state index in [0.717, 1.165) is 6.07 Å². The summed E-state index contributed by atoms with van der Waals surface area (Å²) in [6.45, 7) is 0. The van der Waals surface area contributed by atoms with E-state index in [2.05, 4.69) is 0 Å². The Balaban J connectivity index is 2.45. The zero-order chi connectivity index (χ0) is 14.9. The monoisotopic (exact) mass is 334 g/mol. The summed E-state index contributed by atoms with van der Waals surface area (Å²) >= 11 is 17.7. The molecule has 0 radical (unpaired) electrons. The Bertz CT molecular complexity index is 647. The van der Waals surface area contributed by atoms with Gasteiger partial charge in [0.1, 0.15) is 17.7 Å². The Morgan fingerprint density at radius 3 is 2.35 bits per heavy atom. The summed E-state index contributed by atoms with van der Waals surface area (Å²) in [5.41, 5.74) is 0.689. The molecule has 0 aromatic heterocycles. The molecule has 1 atom stereocenters. The first-order chi connectivity index (χ1) is 9.43. The summed E-state index contributed by atoms with van der Waals surface area (Å²) in [5.74, 6) is -0.214. The van der Waals surface area contributed by atoms with Gasteiger partial charge in [-0.3, -0.25) is 0 Å². The van der Waals surface area contributed by atoms with Crippen LogP contribution in [0.15, 0.2) is 30.3 Å². The quantitative estimate of drug-likeness (QED) is 0.866. The average Bonchev–Trinajstić information content (AvgIpc) is 2.43. The number of aliphatic hydroxyl groups is 1. The molecule has 0 aliphatic carbocycles. The third-order valence-electron chi connectivity index (χ3n) is 2.83. The molecule has 1 N–H and O–H groups in total. The summed E-state index contributed by atoms with van der Waals surface area (Å²) in [5, 5.41) is 10.8. The fourth-order valence-electron chi connectivity index (χ4n) is 1.77. The van der Waals surface area contributed by atoms with Gasteiger partial charge in [0.05, 0.1) is 22.2 Å². The molecule has 6 heteroatoms. The number of rotatable bonds is 3. The van der Waals surface area contributed by atoms with Crippen LogP contribution in [0.5, 0.6) is 5.75 Å². The summed E-state index contributed by atoms with van der Waals surface area (Å²) in [6.07, 6.45) is -1.11. The summed E-state index contributed by atoms with van der Waals surface area (Å²) in [7, 11) is 1.46. The molecular formula is C14H10Cl3FO2. The maximum Gasteiger partial charge on any atom is 0.142 e. The van der Waals surface area contributed by atoms with Crippen LogP contribution >= 0.6 is 34.8 Å². The fraction of sp³-hybridized carbons (Fsp3) is 0.143. The van der Waals surface area contributed by atoms with Crippen LogP contribution in [-0.4, -0.2) is 12.2 Å². The van der Waals surface area contributed by atoms with Crippen molar-refractivity contribution >= 4 is 34.8 Å². The number of methoxy groups -OCH3 is 1. The van der Waals surface area contributed by atoms with Crippen molar-refractivity contribution in [3.05, 3.63) is 62.3 Å². The zero-order valence-corrected chi connectivity index (χ0v) is 12.6. The predicted molar refractivity (Wildman–Crippen MR) is 78.5 cm³/mol. The molecule has 2 rings (SSSR count). The molecule has 0 aliphatic heterocycles. The van der Waals surface area contributed by atoms with Crippen LogP contribution in [0.2, 0.25) is 15.1 Å². The van der Waals surface area contributed by atoms with E-state index in [0.29, 0.717) is 21.9 Å². The molecule has 0 amide bonds. The Kier molecular flexibility index (Phi) is 4.76. The van der Waals surface area contributed by atoms with Gasteiger partial charge in [0, 0.05) is 11.6 Å². The molecule has 0 saturated heterocycles. The minimum absolute atomic E-state index is 0.0141. The van der Waals surface area contributed by atoms with Crippen molar-refractivity contribution in [2.24, 2.45) is 0 Å². The van der Waals surface area contributed by atoms with Gasteiger partial charge in [-0.1, -0.05) is 40.9 Å². The number of ether oxygens (including phenoxy) is 1. The lowest BCUT2D eigenvalue weighted by atomic mass is 10.0. The molecule has 1 unspecified atom stereocenters. The largest absolute Gasteiger partial charge is 0.495 e. The van der Waals surface area contributed by atoms with Crippen molar-refractivity contribution in [1.29, 1.82) is 0 Å². The fourth-order valence-corrected chi connectivity index (χ4v) is 2.40. The Labute approximate surface area is 130 Å².